The van der Waals surface area contributed by atoms with Crippen molar-refractivity contribution in [2.24, 2.45) is 5.92 Å². The predicted molar refractivity (Wildman–Crippen MR) is 114 cm³/mol. The van der Waals surface area contributed by atoms with Gasteiger partial charge in [0.2, 0.25) is 5.91 Å². The lowest BCUT2D eigenvalue weighted by molar-refractivity contribution is -0.126. The molecule has 0 radical (unpaired) electrons. The lowest BCUT2D eigenvalue weighted by Gasteiger charge is -2.32. The third-order valence-corrected chi connectivity index (χ3v) is 6.21. The van der Waals surface area contributed by atoms with Gasteiger partial charge in [0, 0.05) is 35.6 Å². The number of aromatic nitrogens is 1. The largest absolute Gasteiger partial charge is 0.343 e. The Bertz CT molecular complexity index is 937. The molecule has 1 unspecified atom stereocenters. The molecule has 148 valence electrons. The van der Waals surface area contributed by atoms with Gasteiger partial charge in [-0.15, -0.1) is 11.3 Å². The summed E-state index contributed by atoms with van der Waals surface area (Å²) in [4.78, 5) is 32.9. The number of hydrogen-bond donors (Lipinski definition) is 1. The first-order valence-corrected chi connectivity index (χ1v) is 10.7. The van der Waals surface area contributed by atoms with Crippen LogP contribution in [0.1, 0.15) is 39.8 Å². The van der Waals surface area contributed by atoms with Crippen molar-refractivity contribution in [3.8, 4) is 0 Å². The second-order valence-corrected chi connectivity index (χ2v) is 8.12. The molecule has 1 aliphatic heterocycles. The number of amides is 2. The summed E-state index contributed by atoms with van der Waals surface area (Å²) in [6.07, 6.45) is 3.09. The lowest BCUT2D eigenvalue weighted by atomic mass is 9.94. The topological polar surface area (TPSA) is 62.3 Å². The highest BCUT2D eigenvalue weighted by Gasteiger charge is 2.30. The SMILES string of the molecule is O=C(NC(c1ccccn1)c1cccs1)C1CCN(C(=O)c2ccccc2)CC1. The van der Waals surface area contributed by atoms with Crippen molar-refractivity contribution >= 4 is 23.2 Å². The average molecular weight is 406 g/mol. The summed E-state index contributed by atoms with van der Waals surface area (Å²) in [6.45, 7) is 1.19. The van der Waals surface area contributed by atoms with Gasteiger partial charge in [-0.25, -0.2) is 0 Å². The number of carbonyl (C=O) groups excluding carboxylic acids is 2. The number of pyridine rings is 1. The van der Waals surface area contributed by atoms with E-state index in [0.29, 0.717) is 31.5 Å². The maximum Gasteiger partial charge on any atom is 0.253 e. The second-order valence-electron chi connectivity index (χ2n) is 7.14. The highest BCUT2D eigenvalue weighted by atomic mass is 32.1. The minimum atomic E-state index is -0.243. The van der Waals surface area contributed by atoms with Gasteiger partial charge in [-0.3, -0.25) is 14.6 Å². The van der Waals surface area contributed by atoms with Gasteiger partial charge >= 0.3 is 0 Å². The highest BCUT2D eigenvalue weighted by Crippen LogP contribution is 2.26. The van der Waals surface area contributed by atoms with Crippen LogP contribution in [0.15, 0.2) is 72.2 Å². The van der Waals surface area contributed by atoms with Gasteiger partial charge in [-0.1, -0.05) is 30.3 Å². The first-order valence-electron chi connectivity index (χ1n) is 9.81. The molecule has 0 aliphatic carbocycles. The van der Waals surface area contributed by atoms with Crippen LogP contribution in [0.3, 0.4) is 0 Å². The molecule has 0 saturated carbocycles. The fraction of sp³-hybridized carbons (Fsp3) is 0.261. The van der Waals surface area contributed by atoms with Crippen LogP contribution in [0.2, 0.25) is 0 Å². The molecule has 4 rings (SSSR count). The van der Waals surface area contributed by atoms with Gasteiger partial charge in [0.15, 0.2) is 0 Å². The number of hydrogen-bond acceptors (Lipinski definition) is 4. The Morgan fingerprint density at radius 3 is 2.41 bits per heavy atom. The number of nitrogens with one attached hydrogen (secondary N) is 1. The molecule has 0 bridgehead atoms. The monoisotopic (exact) mass is 405 g/mol. The van der Waals surface area contributed by atoms with E-state index < -0.39 is 0 Å². The molecule has 6 heteroatoms. The highest BCUT2D eigenvalue weighted by molar-refractivity contribution is 7.10. The number of thiophene rings is 1. The molecule has 29 heavy (non-hydrogen) atoms. The molecule has 1 aromatic carbocycles. The summed E-state index contributed by atoms with van der Waals surface area (Å²) in [5, 5.41) is 5.19. The summed E-state index contributed by atoms with van der Waals surface area (Å²) < 4.78 is 0. The van der Waals surface area contributed by atoms with Crippen molar-refractivity contribution in [3.05, 3.63) is 88.4 Å². The van der Waals surface area contributed by atoms with E-state index in [1.807, 2.05) is 70.9 Å². The van der Waals surface area contributed by atoms with Crippen LogP contribution in [0.25, 0.3) is 0 Å². The second kappa shape index (κ2) is 9.01. The third kappa shape index (κ3) is 4.54. The quantitative estimate of drug-likeness (QED) is 0.700. The van der Waals surface area contributed by atoms with Gasteiger partial charge in [-0.05, 0) is 48.6 Å². The molecule has 1 fully saturated rings. The summed E-state index contributed by atoms with van der Waals surface area (Å²) in [7, 11) is 0. The van der Waals surface area contributed by atoms with Crippen LogP contribution in [0, 0.1) is 5.92 Å². The van der Waals surface area contributed by atoms with E-state index >= 15 is 0 Å². The minimum Gasteiger partial charge on any atom is -0.343 e. The van der Waals surface area contributed by atoms with E-state index in [-0.39, 0.29) is 23.8 Å². The third-order valence-electron chi connectivity index (χ3n) is 5.27. The van der Waals surface area contributed by atoms with Crippen LogP contribution in [0.5, 0.6) is 0 Å². The maximum absolute atomic E-state index is 13.0. The maximum atomic E-state index is 13.0. The van der Waals surface area contributed by atoms with Crippen LogP contribution in [-0.2, 0) is 4.79 Å². The van der Waals surface area contributed by atoms with Crippen molar-refractivity contribution in [2.45, 2.75) is 18.9 Å². The summed E-state index contributed by atoms with van der Waals surface area (Å²) in [5.41, 5.74) is 1.53. The first kappa shape index (κ1) is 19.3. The number of carbonyl (C=O) groups is 2. The molecule has 0 spiro atoms. The van der Waals surface area contributed by atoms with Crippen LogP contribution < -0.4 is 5.32 Å². The molecule has 1 atom stereocenters. The van der Waals surface area contributed by atoms with Gasteiger partial charge in [0.05, 0.1) is 5.69 Å². The Kier molecular flexibility index (Phi) is 6.00. The van der Waals surface area contributed by atoms with E-state index in [1.165, 1.54) is 0 Å². The lowest BCUT2D eigenvalue weighted by Crippen LogP contribution is -2.43. The van der Waals surface area contributed by atoms with E-state index in [4.69, 9.17) is 0 Å². The molecular weight excluding hydrogens is 382 g/mol. The molecule has 2 amide bonds. The standard InChI is InChI=1S/C23H23N3O2S/c27-22(25-21(20-10-6-16-29-20)19-9-4-5-13-24-19)17-11-14-26(15-12-17)23(28)18-7-2-1-3-8-18/h1-10,13,16-17,21H,11-12,14-15H2,(H,25,27). The summed E-state index contributed by atoms with van der Waals surface area (Å²) in [5.74, 6) is -0.0312. The Morgan fingerprint density at radius 1 is 1.00 bits per heavy atom. The first-order chi connectivity index (χ1) is 14.2. The minimum absolute atomic E-state index is 0.0286. The zero-order valence-corrected chi connectivity index (χ0v) is 16.8. The zero-order chi connectivity index (χ0) is 20.1. The number of likely N-dealkylation sites (tertiary alicyclic amines) is 1. The normalized spacial score (nSPS) is 15.7. The Hall–Kier alpha value is -2.99. The Labute approximate surface area is 174 Å². The molecule has 5 nitrogen and oxygen atoms in total. The molecular formula is C23H23N3O2S. The zero-order valence-electron chi connectivity index (χ0n) is 16.0. The van der Waals surface area contributed by atoms with E-state index in [1.54, 1.807) is 17.5 Å². The number of rotatable bonds is 5. The fourth-order valence-corrected chi connectivity index (χ4v) is 4.45. The molecule has 3 heterocycles. The summed E-state index contributed by atoms with van der Waals surface area (Å²) >= 11 is 1.61. The van der Waals surface area contributed by atoms with E-state index in [0.717, 1.165) is 10.6 Å². The molecule has 3 aromatic rings. The summed E-state index contributed by atoms with van der Waals surface area (Å²) in [6, 6.07) is 18.8. The molecule has 2 aromatic heterocycles. The van der Waals surface area contributed by atoms with Crippen LogP contribution in [0.4, 0.5) is 0 Å². The van der Waals surface area contributed by atoms with Crippen molar-refractivity contribution in [3.63, 3.8) is 0 Å². The van der Waals surface area contributed by atoms with Crippen LogP contribution >= 0.6 is 11.3 Å². The van der Waals surface area contributed by atoms with Crippen molar-refractivity contribution in [2.75, 3.05) is 13.1 Å². The average Bonchev–Trinajstić information content (AvgIpc) is 3.33. The predicted octanol–water partition coefficient (Wildman–Crippen LogP) is 3.90. The van der Waals surface area contributed by atoms with Crippen molar-refractivity contribution in [1.82, 2.24) is 15.2 Å². The van der Waals surface area contributed by atoms with E-state index in [2.05, 4.69) is 10.3 Å². The molecule has 1 saturated heterocycles. The van der Waals surface area contributed by atoms with Gasteiger partial charge < -0.3 is 10.2 Å². The smallest absolute Gasteiger partial charge is 0.253 e. The molecule has 1 N–H and O–H groups in total. The van der Waals surface area contributed by atoms with Crippen LogP contribution in [-0.4, -0.2) is 34.8 Å². The molecule has 1 aliphatic rings. The van der Waals surface area contributed by atoms with Gasteiger partial charge in [0.25, 0.3) is 5.91 Å². The van der Waals surface area contributed by atoms with Gasteiger partial charge in [-0.2, -0.15) is 0 Å². The number of benzene rings is 1. The number of nitrogens with zero attached hydrogens (tertiary/aromatic N) is 2. The van der Waals surface area contributed by atoms with Gasteiger partial charge in [0.1, 0.15) is 6.04 Å². The Morgan fingerprint density at radius 2 is 1.76 bits per heavy atom. The fourth-order valence-electron chi connectivity index (χ4n) is 3.66. The van der Waals surface area contributed by atoms with Crippen molar-refractivity contribution in [1.29, 1.82) is 0 Å². The van der Waals surface area contributed by atoms with E-state index in [9.17, 15) is 9.59 Å². The Balaban J connectivity index is 1.39. The number of piperidine rings is 1. The van der Waals surface area contributed by atoms with Crippen molar-refractivity contribution < 1.29 is 9.59 Å².